The standard InChI is InChI=1S/C24H27N7O/c1-13-9-16-19(27-13)10-15-11-26-18-6-5-17(28-22(15)18)21-20(29-30-23(21)14-3-4-14)12-25-7-8-31(2)24(16)32/h5-6,9-10,14,25-27H,3-4,7-8,11-12H2,1-2H3,(H,29,30)/b15-10+. The van der Waals surface area contributed by atoms with E-state index in [2.05, 4.69) is 44.0 Å². The van der Waals surface area contributed by atoms with Crippen LogP contribution in [0.15, 0.2) is 18.2 Å². The summed E-state index contributed by atoms with van der Waals surface area (Å²) in [7, 11) is 1.86. The number of likely N-dealkylation sites (N-methyl/N-ethyl adjacent to an activating group) is 1. The molecule has 5 heterocycles. The van der Waals surface area contributed by atoms with Crippen molar-refractivity contribution in [1.82, 2.24) is 30.4 Å². The number of hydrogen-bond acceptors (Lipinski definition) is 5. The molecule has 8 heteroatoms. The van der Waals surface area contributed by atoms with Gasteiger partial charge in [0.2, 0.25) is 0 Å². The van der Waals surface area contributed by atoms with Gasteiger partial charge in [-0.2, -0.15) is 5.10 Å². The number of aromatic nitrogens is 4. The van der Waals surface area contributed by atoms with E-state index >= 15 is 0 Å². The molecule has 0 unspecified atom stereocenters. The van der Waals surface area contributed by atoms with Crippen LogP contribution in [0.25, 0.3) is 22.9 Å². The number of carbonyl (C=O) groups is 1. The smallest absolute Gasteiger partial charge is 0.255 e. The van der Waals surface area contributed by atoms with E-state index in [-0.39, 0.29) is 5.91 Å². The van der Waals surface area contributed by atoms with Crippen LogP contribution in [-0.2, 0) is 6.54 Å². The number of pyridine rings is 1. The average molecular weight is 430 g/mol. The molecule has 3 aromatic rings. The number of hydrogen-bond donors (Lipinski definition) is 4. The normalized spacial score (nSPS) is 20.0. The van der Waals surface area contributed by atoms with E-state index in [0.717, 1.165) is 51.0 Å². The number of rotatable bonds is 1. The van der Waals surface area contributed by atoms with Crippen molar-refractivity contribution < 1.29 is 4.79 Å². The minimum absolute atomic E-state index is 0.0176. The molecule has 164 valence electrons. The Morgan fingerprint density at radius 2 is 2.06 bits per heavy atom. The minimum atomic E-state index is 0.0176. The number of nitrogens with one attached hydrogen (secondary N) is 4. The molecule has 3 aliphatic rings. The summed E-state index contributed by atoms with van der Waals surface area (Å²) >= 11 is 0. The Hall–Kier alpha value is -3.39. The number of H-pyrrole nitrogens is 2. The Balaban J connectivity index is 1.51. The molecule has 0 atom stereocenters. The first-order valence-electron chi connectivity index (χ1n) is 11.3. The van der Waals surface area contributed by atoms with Crippen molar-refractivity contribution in [1.29, 1.82) is 0 Å². The molecule has 6 rings (SSSR count). The Labute approximate surface area is 186 Å². The summed E-state index contributed by atoms with van der Waals surface area (Å²) in [6.07, 6.45) is 4.44. The Morgan fingerprint density at radius 1 is 1.19 bits per heavy atom. The summed E-state index contributed by atoms with van der Waals surface area (Å²) in [5.74, 6) is 0.539. The highest BCUT2D eigenvalue weighted by molar-refractivity contribution is 6.00. The first kappa shape index (κ1) is 19.3. The lowest BCUT2D eigenvalue weighted by Gasteiger charge is -2.17. The first-order chi connectivity index (χ1) is 15.6. The summed E-state index contributed by atoms with van der Waals surface area (Å²) in [5.41, 5.74) is 9.81. The molecular formula is C24H27N7O. The van der Waals surface area contributed by atoms with Crippen molar-refractivity contribution in [2.45, 2.75) is 32.2 Å². The molecule has 0 saturated heterocycles. The molecule has 2 bridgehead atoms. The van der Waals surface area contributed by atoms with Gasteiger partial charge in [-0.1, -0.05) is 0 Å². The molecule has 1 amide bonds. The largest absolute Gasteiger partial charge is 0.379 e. The van der Waals surface area contributed by atoms with Crippen molar-refractivity contribution in [2.24, 2.45) is 0 Å². The zero-order valence-electron chi connectivity index (χ0n) is 18.4. The quantitative estimate of drug-likeness (QED) is 0.476. The third-order valence-electron chi connectivity index (χ3n) is 6.56. The van der Waals surface area contributed by atoms with Gasteiger partial charge in [-0.15, -0.1) is 0 Å². The lowest BCUT2D eigenvalue weighted by molar-refractivity contribution is 0.0796. The van der Waals surface area contributed by atoms with Gasteiger partial charge in [-0.25, -0.2) is 4.98 Å². The third-order valence-corrected chi connectivity index (χ3v) is 6.56. The summed E-state index contributed by atoms with van der Waals surface area (Å²) in [6, 6.07) is 6.13. The topological polar surface area (TPSA) is 102 Å². The number of fused-ring (bicyclic) bond motifs is 4. The molecule has 0 radical (unpaired) electrons. The number of amides is 1. The summed E-state index contributed by atoms with van der Waals surface area (Å²) in [4.78, 5) is 23.4. The predicted octanol–water partition coefficient (Wildman–Crippen LogP) is 3.13. The lowest BCUT2D eigenvalue weighted by Crippen LogP contribution is -2.34. The van der Waals surface area contributed by atoms with Gasteiger partial charge >= 0.3 is 0 Å². The van der Waals surface area contributed by atoms with E-state index in [1.807, 2.05) is 20.0 Å². The fourth-order valence-corrected chi connectivity index (χ4v) is 4.68. The summed E-state index contributed by atoms with van der Waals surface area (Å²) in [5, 5.41) is 14.9. The van der Waals surface area contributed by atoms with Crippen molar-refractivity contribution in [3.8, 4) is 11.3 Å². The van der Waals surface area contributed by atoms with Gasteiger partial charge in [0.25, 0.3) is 5.91 Å². The monoisotopic (exact) mass is 429 g/mol. The minimum Gasteiger partial charge on any atom is -0.379 e. The summed E-state index contributed by atoms with van der Waals surface area (Å²) < 4.78 is 0. The Kier molecular flexibility index (Phi) is 4.43. The van der Waals surface area contributed by atoms with Crippen LogP contribution >= 0.6 is 0 Å². The molecule has 1 saturated carbocycles. The van der Waals surface area contributed by atoms with Crippen LogP contribution in [0.3, 0.4) is 0 Å². The molecule has 4 N–H and O–H groups in total. The van der Waals surface area contributed by atoms with E-state index in [0.29, 0.717) is 37.7 Å². The second-order valence-electron chi connectivity index (χ2n) is 9.04. The van der Waals surface area contributed by atoms with Gasteiger partial charge in [0.1, 0.15) is 0 Å². The summed E-state index contributed by atoms with van der Waals surface area (Å²) in [6.45, 7) is 4.64. The van der Waals surface area contributed by atoms with E-state index in [4.69, 9.17) is 4.98 Å². The Bertz CT molecular complexity index is 1250. The highest BCUT2D eigenvalue weighted by Gasteiger charge is 2.32. The highest BCUT2D eigenvalue weighted by atomic mass is 16.2. The number of nitrogens with zero attached hydrogens (tertiary/aromatic N) is 3. The van der Waals surface area contributed by atoms with Gasteiger partial charge in [-0.05, 0) is 44.0 Å². The van der Waals surface area contributed by atoms with E-state index in [1.54, 1.807) is 4.90 Å². The number of carbonyl (C=O) groups excluding carboxylic acids is 1. The molecule has 1 fully saturated rings. The molecule has 1 aliphatic carbocycles. The SMILES string of the molecule is Cc1cc2c([nH]1)/C=C1\CNc3ccc(nc31)-c1c(C3CC3)n[nH]c1CNCCN(C)C2=O. The fraction of sp³-hybridized carbons (Fsp3) is 0.375. The van der Waals surface area contributed by atoms with Crippen molar-refractivity contribution in [3.05, 3.63) is 52.2 Å². The van der Waals surface area contributed by atoms with E-state index in [1.165, 1.54) is 12.8 Å². The number of aromatic amines is 2. The zero-order valence-corrected chi connectivity index (χ0v) is 18.4. The maximum Gasteiger partial charge on any atom is 0.255 e. The molecule has 3 aromatic heterocycles. The van der Waals surface area contributed by atoms with Crippen LogP contribution in [0.5, 0.6) is 0 Å². The average Bonchev–Trinajstić information content (AvgIpc) is 3.26. The van der Waals surface area contributed by atoms with Gasteiger partial charge in [0.05, 0.1) is 39.7 Å². The Morgan fingerprint density at radius 3 is 2.91 bits per heavy atom. The van der Waals surface area contributed by atoms with Crippen molar-refractivity contribution >= 4 is 23.2 Å². The molecule has 32 heavy (non-hydrogen) atoms. The van der Waals surface area contributed by atoms with Gasteiger partial charge < -0.3 is 20.5 Å². The second kappa shape index (κ2) is 7.34. The van der Waals surface area contributed by atoms with Crippen LogP contribution in [0, 0.1) is 6.92 Å². The van der Waals surface area contributed by atoms with Crippen molar-refractivity contribution in [3.63, 3.8) is 0 Å². The molecule has 0 aromatic carbocycles. The predicted molar refractivity (Wildman–Crippen MR) is 124 cm³/mol. The van der Waals surface area contributed by atoms with Crippen LogP contribution in [-0.4, -0.2) is 57.7 Å². The second-order valence-corrected chi connectivity index (χ2v) is 9.04. The maximum absolute atomic E-state index is 13.2. The molecule has 2 aliphatic heterocycles. The zero-order chi connectivity index (χ0) is 21.8. The molecular weight excluding hydrogens is 402 g/mol. The third kappa shape index (κ3) is 3.22. The van der Waals surface area contributed by atoms with E-state index in [9.17, 15) is 4.79 Å². The fourth-order valence-electron chi connectivity index (χ4n) is 4.68. The first-order valence-corrected chi connectivity index (χ1v) is 11.3. The van der Waals surface area contributed by atoms with Crippen LogP contribution in [0.4, 0.5) is 5.69 Å². The molecule has 0 spiro atoms. The highest BCUT2D eigenvalue weighted by Crippen LogP contribution is 2.44. The van der Waals surface area contributed by atoms with Crippen LogP contribution in [0.2, 0.25) is 0 Å². The van der Waals surface area contributed by atoms with Crippen LogP contribution < -0.4 is 10.6 Å². The van der Waals surface area contributed by atoms with E-state index < -0.39 is 0 Å². The number of anilines is 1. The van der Waals surface area contributed by atoms with Gasteiger partial charge in [-0.3, -0.25) is 9.89 Å². The maximum atomic E-state index is 13.2. The lowest BCUT2D eigenvalue weighted by atomic mass is 10.0. The van der Waals surface area contributed by atoms with Gasteiger partial charge in [0, 0.05) is 56.0 Å². The molecule has 8 nitrogen and oxygen atoms in total. The number of aryl methyl sites for hydroxylation is 1. The van der Waals surface area contributed by atoms with Crippen molar-refractivity contribution in [2.75, 3.05) is 32.0 Å². The van der Waals surface area contributed by atoms with Gasteiger partial charge in [0.15, 0.2) is 0 Å². The van der Waals surface area contributed by atoms with Crippen LogP contribution in [0.1, 0.15) is 57.6 Å².